The number of halogens is 2. The number of hydrogen-bond donors (Lipinski definition) is 1. The fourth-order valence-corrected chi connectivity index (χ4v) is 7.83. The molecule has 4 aromatic rings. The molecular weight excluding hydrogens is 574 g/mol. The second-order valence-corrected chi connectivity index (χ2v) is 13.9. The molecule has 2 N–H and O–H groups in total. The molecule has 6 nitrogen and oxygen atoms in total. The SMILES string of the molecule is C[C@@H]1c2ccccc2CCN1C(=O)c1cc(C2CC2)n2nc(-c3ccc(C=C4CCC([Si]C(N)=O)CC4)cc3F)cc2c1F. The van der Waals surface area contributed by atoms with Crippen molar-refractivity contribution in [2.24, 2.45) is 5.73 Å². The average molecular weight is 609 g/mol. The highest BCUT2D eigenvalue weighted by atomic mass is 28.2. The first kappa shape index (κ1) is 28.6. The molecule has 0 spiro atoms. The standard InChI is InChI=1S/C35H34F2N4O2Si/c1-20-26-5-3-2-4-23(26)14-15-40(20)34(42)28-18-31(24-9-10-24)41-32(33(28)37)19-30(39-41)27-13-8-22(17-29(27)36)16-21-6-11-25(12-7-21)44-35(38)43/h2-5,8,13,16-20,24-25H,6-7,9-12,14-15H2,1H3,(H2,38,43)/t20-,25?/m1/s1. The molecule has 0 unspecified atom stereocenters. The third-order valence-electron chi connectivity index (χ3n) is 9.40. The van der Waals surface area contributed by atoms with E-state index in [9.17, 15) is 9.59 Å². The number of primary amides is 1. The zero-order chi connectivity index (χ0) is 30.5. The lowest BCUT2D eigenvalue weighted by atomic mass is 9.92. The first-order chi connectivity index (χ1) is 21.3. The molecule has 1 aliphatic heterocycles. The van der Waals surface area contributed by atoms with E-state index in [0.717, 1.165) is 61.8 Å². The van der Waals surface area contributed by atoms with Crippen LogP contribution in [0.5, 0.6) is 0 Å². The fourth-order valence-electron chi connectivity index (χ4n) is 6.85. The maximum Gasteiger partial charge on any atom is 0.257 e. The van der Waals surface area contributed by atoms with Crippen LogP contribution in [0, 0.1) is 11.6 Å². The van der Waals surface area contributed by atoms with Crippen molar-refractivity contribution < 1.29 is 18.4 Å². The second-order valence-electron chi connectivity index (χ2n) is 12.3. The zero-order valence-corrected chi connectivity index (χ0v) is 25.7. The van der Waals surface area contributed by atoms with Gasteiger partial charge >= 0.3 is 0 Å². The Hall–Kier alpha value is -4.11. The summed E-state index contributed by atoms with van der Waals surface area (Å²) < 4.78 is 33.3. The van der Waals surface area contributed by atoms with E-state index < -0.39 is 11.6 Å². The molecule has 9 heteroatoms. The molecule has 0 saturated heterocycles. The van der Waals surface area contributed by atoms with E-state index in [1.165, 1.54) is 17.2 Å². The largest absolute Gasteiger partial charge is 0.375 e. The number of allylic oxidation sites excluding steroid dienone is 1. The molecule has 224 valence electrons. The van der Waals surface area contributed by atoms with Crippen LogP contribution in [0.2, 0.25) is 5.54 Å². The number of pyridine rings is 1. The topological polar surface area (TPSA) is 80.7 Å². The highest BCUT2D eigenvalue weighted by molar-refractivity contribution is 6.74. The van der Waals surface area contributed by atoms with Gasteiger partial charge in [-0.15, -0.1) is 0 Å². The summed E-state index contributed by atoms with van der Waals surface area (Å²) in [5.41, 5.74) is 11.4. The second kappa shape index (κ2) is 11.4. The van der Waals surface area contributed by atoms with Gasteiger partial charge in [-0.3, -0.25) is 9.59 Å². The number of nitrogens with two attached hydrogens (primary N) is 1. The number of carbonyl (C=O) groups excluding carboxylic acids is 2. The van der Waals surface area contributed by atoms with Crippen molar-refractivity contribution >= 4 is 32.5 Å². The van der Waals surface area contributed by atoms with E-state index in [0.29, 0.717) is 17.8 Å². The monoisotopic (exact) mass is 608 g/mol. The predicted octanol–water partition coefficient (Wildman–Crippen LogP) is 7.45. The van der Waals surface area contributed by atoms with Crippen LogP contribution in [0.4, 0.5) is 13.6 Å². The van der Waals surface area contributed by atoms with Crippen molar-refractivity contribution in [2.75, 3.05) is 6.54 Å². The van der Waals surface area contributed by atoms with E-state index in [4.69, 9.17) is 5.73 Å². The fraction of sp³-hybridized carbons (Fsp3) is 0.343. The van der Waals surface area contributed by atoms with Crippen molar-refractivity contribution in [3.8, 4) is 11.3 Å². The Morgan fingerprint density at radius 3 is 2.50 bits per heavy atom. The van der Waals surface area contributed by atoms with Gasteiger partial charge < -0.3 is 10.6 Å². The third-order valence-corrected chi connectivity index (χ3v) is 10.7. The van der Waals surface area contributed by atoms with Crippen LogP contribution in [0.25, 0.3) is 22.9 Å². The molecule has 2 fully saturated rings. The number of benzene rings is 2. The van der Waals surface area contributed by atoms with Crippen LogP contribution in [-0.2, 0) is 6.42 Å². The minimum Gasteiger partial charge on any atom is -0.375 e. The van der Waals surface area contributed by atoms with Gasteiger partial charge in [-0.25, -0.2) is 13.3 Å². The van der Waals surface area contributed by atoms with Crippen LogP contribution in [0.15, 0.2) is 60.2 Å². The number of amides is 2. The number of fused-ring (bicyclic) bond motifs is 2. The lowest BCUT2D eigenvalue weighted by Gasteiger charge is -2.35. The molecule has 2 aliphatic carbocycles. The molecule has 44 heavy (non-hydrogen) atoms. The molecule has 1 atom stereocenters. The number of hydrogen-bond acceptors (Lipinski definition) is 3. The van der Waals surface area contributed by atoms with Gasteiger partial charge in [0.15, 0.2) is 20.9 Å². The summed E-state index contributed by atoms with van der Waals surface area (Å²) in [6.07, 6.45) is 8.20. The molecule has 3 heterocycles. The lowest BCUT2D eigenvalue weighted by molar-refractivity contribution is 0.0673. The summed E-state index contributed by atoms with van der Waals surface area (Å²) in [4.78, 5) is 26.9. The Balaban J connectivity index is 1.18. The van der Waals surface area contributed by atoms with Gasteiger partial charge in [0.2, 0.25) is 0 Å². The molecule has 2 radical (unpaired) electrons. The first-order valence-corrected chi connectivity index (χ1v) is 16.5. The van der Waals surface area contributed by atoms with Gasteiger partial charge in [0.1, 0.15) is 11.3 Å². The molecule has 2 aromatic heterocycles. The Bertz CT molecular complexity index is 1820. The van der Waals surface area contributed by atoms with Gasteiger partial charge in [-0.1, -0.05) is 42.0 Å². The summed E-state index contributed by atoms with van der Waals surface area (Å²) in [5.74, 6) is -1.20. The van der Waals surface area contributed by atoms with Crippen LogP contribution in [0.3, 0.4) is 0 Å². The highest BCUT2D eigenvalue weighted by Crippen LogP contribution is 2.42. The summed E-state index contributed by atoms with van der Waals surface area (Å²) >= 11 is 0. The van der Waals surface area contributed by atoms with Crippen LogP contribution < -0.4 is 5.73 Å². The summed E-state index contributed by atoms with van der Waals surface area (Å²) in [6, 6.07) is 16.2. The molecule has 7 rings (SSSR count). The third kappa shape index (κ3) is 5.38. The number of rotatable bonds is 6. The molecule has 0 bridgehead atoms. The minimum absolute atomic E-state index is 0.0469. The predicted molar refractivity (Wildman–Crippen MR) is 168 cm³/mol. The quantitative estimate of drug-likeness (QED) is 0.231. The smallest absolute Gasteiger partial charge is 0.257 e. The maximum atomic E-state index is 16.2. The van der Waals surface area contributed by atoms with Crippen molar-refractivity contribution in [1.82, 2.24) is 14.5 Å². The molecular formula is C35H34F2N4O2Si. The Morgan fingerprint density at radius 2 is 1.77 bits per heavy atom. The van der Waals surface area contributed by atoms with Crippen LogP contribution >= 0.6 is 0 Å². The van der Waals surface area contributed by atoms with Crippen molar-refractivity contribution in [3.63, 3.8) is 0 Å². The van der Waals surface area contributed by atoms with Crippen molar-refractivity contribution in [1.29, 1.82) is 0 Å². The Morgan fingerprint density at radius 1 is 1.00 bits per heavy atom. The van der Waals surface area contributed by atoms with Gasteiger partial charge in [0.05, 0.1) is 17.3 Å². The molecule has 2 aromatic carbocycles. The van der Waals surface area contributed by atoms with Gasteiger partial charge in [-0.2, -0.15) is 5.10 Å². The van der Waals surface area contributed by atoms with Gasteiger partial charge in [0.25, 0.3) is 5.91 Å². The highest BCUT2D eigenvalue weighted by Gasteiger charge is 2.34. The normalized spacial score (nSPS) is 20.1. The van der Waals surface area contributed by atoms with Crippen LogP contribution in [-0.4, -0.2) is 42.0 Å². The number of nitrogens with zero attached hydrogens (tertiary/aromatic N) is 3. The van der Waals surface area contributed by atoms with E-state index in [1.54, 1.807) is 27.6 Å². The zero-order valence-electron chi connectivity index (χ0n) is 24.7. The van der Waals surface area contributed by atoms with E-state index in [1.807, 2.05) is 37.3 Å². The van der Waals surface area contributed by atoms with E-state index >= 15 is 8.78 Å². The Kier molecular flexibility index (Phi) is 7.44. The first-order valence-electron chi connectivity index (χ1n) is 15.4. The average Bonchev–Trinajstić information content (AvgIpc) is 3.76. The van der Waals surface area contributed by atoms with E-state index in [2.05, 4.69) is 11.2 Å². The minimum atomic E-state index is -0.626. The van der Waals surface area contributed by atoms with Crippen LogP contribution in [0.1, 0.15) is 90.2 Å². The molecule has 2 amide bonds. The number of aromatic nitrogens is 2. The molecule has 2 saturated carbocycles. The van der Waals surface area contributed by atoms with Crippen molar-refractivity contribution in [3.05, 3.63) is 99.8 Å². The lowest BCUT2D eigenvalue weighted by Crippen LogP contribution is -2.39. The van der Waals surface area contributed by atoms with Gasteiger partial charge in [0, 0.05) is 23.7 Å². The Labute approximate surface area is 257 Å². The number of carbonyl (C=O) groups is 2. The van der Waals surface area contributed by atoms with Gasteiger partial charge in [-0.05, 0) is 98.4 Å². The van der Waals surface area contributed by atoms with Crippen molar-refractivity contribution in [2.45, 2.75) is 69.4 Å². The maximum absolute atomic E-state index is 16.2. The van der Waals surface area contributed by atoms with E-state index in [-0.39, 0.29) is 49.6 Å². The summed E-state index contributed by atoms with van der Waals surface area (Å²) in [6.45, 7) is 2.51. The summed E-state index contributed by atoms with van der Waals surface area (Å²) in [5, 5.41) is 4.66. The molecule has 3 aliphatic rings. The summed E-state index contributed by atoms with van der Waals surface area (Å²) in [7, 11) is 0.157.